The quantitative estimate of drug-likeness (QED) is 0.696. The lowest BCUT2D eigenvalue weighted by Crippen LogP contribution is -1.98. The van der Waals surface area contributed by atoms with Crippen molar-refractivity contribution in [1.82, 2.24) is 19.9 Å². The first-order valence-corrected chi connectivity index (χ1v) is 4.52. The Hall–Kier alpha value is -1.62. The van der Waals surface area contributed by atoms with Crippen LogP contribution in [-0.4, -0.2) is 19.9 Å². The van der Waals surface area contributed by atoms with E-state index < -0.39 is 5.82 Å². The number of hydrogen-bond acceptors (Lipinski definition) is 4. The van der Waals surface area contributed by atoms with Crippen molar-refractivity contribution >= 4 is 11.6 Å². The van der Waals surface area contributed by atoms with Crippen LogP contribution in [-0.2, 0) is 0 Å². The summed E-state index contributed by atoms with van der Waals surface area (Å²) in [6.45, 7) is 1.52. The van der Waals surface area contributed by atoms with Gasteiger partial charge in [-0.3, -0.25) is 0 Å². The normalized spacial score (nSPS) is 10.3. The first-order chi connectivity index (χ1) is 7.18. The van der Waals surface area contributed by atoms with E-state index in [1.54, 1.807) is 12.3 Å². The van der Waals surface area contributed by atoms with Crippen LogP contribution in [0.25, 0.3) is 11.5 Å². The minimum Gasteiger partial charge on any atom is -0.245 e. The zero-order chi connectivity index (χ0) is 10.8. The molecule has 0 aliphatic carbocycles. The van der Waals surface area contributed by atoms with Crippen molar-refractivity contribution in [2.75, 3.05) is 0 Å². The highest BCUT2D eigenvalue weighted by molar-refractivity contribution is 6.29. The molecule has 0 aromatic carbocycles. The molecule has 2 heterocycles. The average Bonchev–Trinajstić information content (AvgIpc) is 2.26. The van der Waals surface area contributed by atoms with E-state index in [4.69, 9.17) is 11.6 Å². The van der Waals surface area contributed by atoms with Crippen molar-refractivity contribution < 1.29 is 4.39 Å². The molecule has 0 bridgehead atoms. The Bertz CT molecular complexity index is 466. The van der Waals surface area contributed by atoms with Crippen molar-refractivity contribution in [2.24, 2.45) is 0 Å². The molecule has 0 saturated heterocycles. The maximum Gasteiger partial charge on any atom is 0.181 e. The van der Waals surface area contributed by atoms with Crippen molar-refractivity contribution in [2.45, 2.75) is 6.92 Å². The summed E-state index contributed by atoms with van der Waals surface area (Å²) in [5.74, 6) is -0.309. The fourth-order valence-electron chi connectivity index (χ4n) is 1.06. The van der Waals surface area contributed by atoms with Gasteiger partial charge in [0.25, 0.3) is 0 Å². The molecule has 2 aromatic heterocycles. The van der Waals surface area contributed by atoms with Gasteiger partial charge in [-0.15, -0.1) is 0 Å². The molecular formula is C9H6ClFN4. The van der Waals surface area contributed by atoms with Crippen LogP contribution in [0.1, 0.15) is 5.69 Å². The molecule has 2 rings (SSSR count). The molecule has 0 saturated carbocycles. The van der Waals surface area contributed by atoms with E-state index in [-0.39, 0.29) is 10.8 Å². The van der Waals surface area contributed by atoms with E-state index in [0.717, 1.165) is 0 Å². The van der Waals surface area contributed by atoms with Crippen molar-refractivity contribution in [3.05, 3.63) is 35.3 Å². The molecule has 0 fully saturated rings. The molecule has 0 radical (unpaired) electrons. The molecule has 4 nitrogen and oxygen atoms in total. The largest absolute Gasteiger partial charge is 0.245 e. The molecule has 2 aromatic rings. The van der Waals surface area contributed by atoms with Gasteiger partial charge in [0, 0.05) is 6.20 Å². The molecule has 0 atom stereocenters. The molecule has 76 valence electrons. The van der Waals surface area contributed by atoms with Gasteiger partial charge in [0.15, 0.2) is 16.8 Å². The molecule has 0 aliphatic heterocycles. The van der Waals surface area contributed by atoms with Crippen LogP contribution in [0, 0.1) is 12.7 Å². The predicted molar refractivity (Wildman–Crippen MR) is 52.8 cm³/mol. The third kappa shape index (κ3) is 1.92. The van der Waals surface area contributed by atoms with Crippen molar-refractivity contribution in [1.29, 1.82) is 0 Å². The van der Waals surface area contributed by atoms with Crippen LogP contribution >= 0.6 is 11.6 Å². The fraction of sp³-hybridized carbons (Fsp3) is 0.111. The highest BCUT2D eigenvalue weighted by Gasteiger charge is 2.11. The third-order valence-electron chi connectivity index (χ3n) is 1.79. The number of halogens is 2. The molecule has 0 aliphatic rings. The van der Waals surface area contributed by atoms with Gasteiger partial charge in [-0.2, -0.15) is 0 Å². The van der Waals surface area contributed by atoms with E-state index in [2.05, 4.69) is 19.9 Å². The molecule has 0 unspecified atom stereocenters. The second-order valence-corrected chi connectivity index (χ2v) is 3.19. The molecule has 0 spiro atoms. The van der Waals surface area contributed by atoms with Crippen molar-refractivity contribution in [3.8, 4) is 11.5 Å². The highest BCUT2D eigenvalue weighted by atomic mass is 35.5. The molecule has 15 heavy (non-hydrogen) atoms. The summed E-state index contributed by atoms with van der Waals surface area (Å²) in [6.07, 6.45) is 2.92. The summed E-state index contributed by atoms with van der Waals surface area (Å²) in [5, 5.41) is -0.198. The second-order valence-electron chi connectivity index (χ2n) is 2.83. The van der Waals surface area contributed by atoms with Gasteiger partial charge in [-0.1, -0.05) is 11.6 Å². The maximum absolute atomic E-state index is 13.1. The summed E-state index contributed by atoms with van der Waals surface area (Å²) in [7, 11) is 0. The number of aromatic nitrogens is 4. The van der Waals surface area contributed by atoms with Crippen LogP contribution in [0.15, 0.2) is 18.6 Å². The lowest BCUT2D eigenvalue weighted by molar-refractivity contribution is 0.603. The Labute approximate surface area is 90.2 Å². The fourth-order valence-corrected chi connectivity index (χ4v) is 1.28. The summed E-state index contributed by atoms with van der Waals surface area (Å²) in [6, 6.07) is 1.63. The van der Waals surface area contributed by atoms with Crippen LogP contribution in [0.5, 0.6) is 0 Å². The number of rotatable bonds is 1. The first kappa shape index (κ1) is 9.92. The Kier molecular flexibility index (Phi) is 2.55. The number of hydrogen-bond donors (Lipinski definition) is 0. The van der Waals surface area contributed by atoms with E-state index in [9.17, 15) is 4.39 Å². The van der Waals surface area contributed by atoms with Crippen LogP contribution in [0.4, 0.5) is 4.39 Å². The Morgan fingerprint density at radius 3 is 2.73 bits per heavy atom. The molecule has 0 N–H and O–H groups in total. The average molecular weight is 225 g/mol. The van der Waals surface area contributed by atoms with Crippen molar-refractivity contribution in [3.63, 3.8) is 0 Å². The van der Waals surface area contributed by atoms with Gasteiger partial charge < -0.3 is 0 Å². The second kappa shape index (κ2) is 3.86. The SMILES string of the molecule is Cc1nc(-c2ccncn2)nc(Cl)c1F. The van der Waals surface area contributed by atoms with E-state index in [1.807, 2.05) is 0 Å². The topological polar surface area (TPSA) is 51.6 Å². The van der Waals surface area contributed by atoms with Gasteiger partial charge in [0.2, 0.25) is 0 Å². The van der Waals surface area contributed by atoms with Gasteiger partial charge >= 0.3 is 0 Å². The molecule has 6 heteroatoms. The summed E-state index contributed by atoms with van der Waals surface area (Å²) >= 11 is 5.60. The Balaban J connectivity index is 2.56. The van der Waals surface area contributed by atoms with E-state index in [1.165, 1.54) is 13.3 Å². The zero-order valence-corrected chi connectivity index (χ0v) is 8.53. The minimum atomic E-state index is -0.602. The van der Waals surface area contributed by atoms with Crippen LogP contribution in [0.2, 0.25) is 5.15 Å². The van der Waals surface area contributed by atoms with Gasteiger partial charge in [0.05, 0.1) is 5.69 Å². The number of aryl methyl sites for hydroxylation is 1. The third-order valence-corrected chi connectivity index (χ3v) is 2.04. The Morgan fingerprint density at radius 2 is 2.13 bits per heavy atom. The highest BCUT2D eigenvalue weighted by Crippen LogP contribution is 2.18. The molecule has 0 amide bonds. The van der Waals surface area contributed by atoms with Crippen LogP contribution < -0.4 is 0 Å². The maximum atomic E-state index is 13.1. The summed E-state index contributed by atoms with van der Waals surface area (Å²) in [5.41, 5.74) is 0.707. The van der Waals surface area contributed by atoms with Gasteiger partial charge in [0.1, 0.15) is 12.0 Å². The number of nitrogens with zero attached hydrogens (tertiary/aromatic N) is 4. The lowest BCUT2D eigenvalue weighted by atomic mass is 10.3. The lowest BCUT2D eigenvalue weighted by Gasteiger charge is -2.02. The van der Waals surface area contributed by atoms with E-state index >= 15 is 0 Å². The summed E-state index contributed by atoms with van der Waals surface area (Å²) in [4.78, 5) is 15.4. The van der Waals surface area contributed by atoms with Gasteiger partial charge in [-0.25, -0.2) is 24.3 Å². The van der Waals surface area contributed by atoms with Gasteiger partial charge in [-0.05, 0) is 13.0 Å². The summed E-state index contributed by atoms with van der Waals surface area (Å²) < 4.78 is 13.1. The van der Waals surface area contributed by atoms with Crippen LogP contribution in [0.3, 0.4) is 0 Å². The van der Waals surface area contributed by atoms with E-state index in [0.29, 0.717) is 11.5 Å². The smallest absolute Gasteiger partial charge is 0.181 e. The zero-order valence-electron chi connectivity index (χ0n) is 7.78. The standard InChI is InChI=1S/C9H6ClFN4/c1-5-7(11)8(10)15-9(14-5)6-2-3-12-4-13-6/h2-4H,1H3. The molecular weight excluding hydrogens is 219 g/mol. The first-order valence-electron chi connectivity index (χ1n) is 4.14. The Morgan fingerprint density at radius 1 is 1.33 bits per heavy atom. The minimum absolute atomic E-state index is 0.198. The monoisotopic (exact) mass is 224 g/mol. The predicted octanol–water partition coefficient (Wildman–Crippen LogP) is 2.03.